The number of hydrogen-bond donors (Lipinski definition) is 1. The van der Waals surface area contributed by atoms with Gasteiger partial charge in [0.2, 0.25) is 11.0 Å². The lowest BCUT2D eigenvalue weighted by Gasteiger charge is -2.11. The highest BCUT2D eigenvalue weighted by atomic mass is 35.5. The maximum atomic E-state index is 12.1. The number of rotatable bonds is 2. The number of aromatic nitrogens is 1. The minimum absolute atomic E-state index is 0.261. The van der Waals surface area contributed by atoms with Gasteiger partial charge in [-0.3, -0.25) is 0 Å². The zero-order valence-electron chi connectivity index (χ0n) is 14.1. The molecule has 4 rings (SSSR count). The van der Waals surface area contributed by atoms with Crippen LogP contribution in [0.3, 0.4) is 0 Å². The van der Waals surface area contributed by atoms with E-state index >= 15 is 0 Å². The van der Waals surface area contributed by atoms with Gasteiger partial charge in [0.15, 0.2) is 0 Å². The van der Waals surface area contributed by atoms with Crippen LogP contribution in [-0.4, -0.2) is 11.1 Å². The predicted molar refractivity (Wildman–Crippen MR) is 110 cm³/mol. The van der Waals surface area contributed by atoms with E-state index in [0.717, 1.165) is 16.6 Å². The van der Waals surface area contributed by atoms with Crippen molar-refractivity contribution in [2.75, 3.05) is 0 Å². The van der Waals surface area contributed by atoms with Crippen molar-refractivity contribution in [3.63, 3.8) is 0 Å². The molecule has 3 aromatic carbocycles. The van der Waals surface area contributed by atoms with E-state index in [1.54, 1.807) is 12.1 Å². The Bertz CT molecular complexity index is 1250. The second kappa shape index (κ2) is 6.68. The van der Waals surface area contributed by atoms with E-state index in [1.165, 1.54) is 0 Å². The van der Waals surface area contributed by atoms with E-state index in [-0.39, 0.29) is 10.6 Å². The maximum Gasteiger partial charge on any atom is 0.337 e. The van der Waals surface area contributed by atoms with Crippen LogP contribution in [0.2, 0.25) is 15.1 Å². The molecule has 0 saturated carbocycles. The van der Waals surface area contributed by atoms with Gasteiger partial charge in [0.1, 0.15) is 7.05 Å². The first-order valence-corrected chi connectivity index (χ1v) is 9.25. The molecule has 0 radical (unpaired) electrons. The van der Waals surface area contributed by atoms with E-state index in [1.807, 2.05) is 54.1 Å². The monoisotopic (exact) mass is 416 g/mol. The van der Waals surface area contributed by atoms with Crippen LogP contribution in [0.25, 0.3) is 32.9 Å². The molecule has 0 atom stereocenters. The largest absolute Gasteiger partial charge is 0.478 e. The van der Waals surface area contributed by atoms with Gasteiger partial charge < -0.3 is 5.11 Å². The van der Waals surface area contributed by atoms with Crippen LogP contribution in [0.1, 0.15) is 10.4 Å². The number of aryl methyl sites for hydroxylation is 1. The Balaban J connectivity index is 2.11. The lowest BCUT2D eigenvalue weighted by atomic mass is 9.97. The van der Waals surface area contributed by atoms with Gasteiger partial charge >= 0.3 is 5.97 Å². The smallest absolute Gasteiger partial charge is 0.337 e. The highest BCUT2D eigenvalue weighted by molar-refractivity contribution is 6.49. The number of carboxylic acids is 1. The normalized spacial score (nSPS) is 11.3. The predicted octanol–water partition coefficient (Wildman–Crippen LogP) is 6.14. The fraction of sp³-hybridized carbons (Fsp3) is 0.0476. The second-order valence-electron chi connectivity index (χ2n) is 6.21. The summed E-state index contributed by atoms with van der Waals surface area (Å²) in [7, 11) is 1.92. The summed E-state index contributed by atoms with van der Waals surface area (Å²) < 4.78 is 1.98. The van der Waals surface area contributed by atoms with Gasteiger partial charge in [-0.2, -0.15) is 4.57 Å². The van der Waals surface area contributed by atoms with Gasteiger partial charge in [0.05, 0.1) is 31.4 Å². The highest BCUT2D eigenvalue weighted by Crippen LogP contribution is 2.39. The second-order valence-corrected chi connectivity index (χ2v) is 7.37. The minimum atomic E-state index is -0.978. The third-order valence-electron chi connectivity index (χ3n) is 4.72. The van der Waals surface area contributed by atoms with E-state index in [9.17, 15) is 9.90 Å². The molecule has 0 amide bonds. The minimum Gasteiger partial charge on any atom is -0.478 e. The molecule has 0 bridgehead atoms. The molecule has 0 fully saturated rings. The summed E-state index contributed by atoms with van der Waals surface area (Å²) in [6.07, 6.45) is 0. The van der Waals surface area contributed by atoms with Crippen molar-refractivity contribution >= 4 is 62.6 Å². The molecule has 1 heterocycles. The Hall–Kier alpha value is -2.33. The fourth-order valence-electron chi connectivity index (χ4n) is 3.43. The van der Waals surface area contributed by atoms with Crippen LogP contribution in [0.15, 0.2) is 54.6 Å². The first-order chi connectivity index (χ1) is 12.9. The summed E-state index contributed by atoms with van der Waals surface area (Å²) in [4.78, 5) is 12.1. The average molecular weight is 418 g/mol. The van der Waals surface area contributed by atoms with E-state index in [0.29, 0.717) is 26.4 Å². The Kier molecular flexibility index (Phi) is 4.47. The lowest BCUT2D eigenvalue weighted by Crippen LogP contribution is -2.31. The summed E-state index contributed by atoms with van der Waals surface area (Å²) in [5.41, 5.74) is 3.38. The molecule has 134 valence electrons. The first kappa shape index (κ1) is 18.1. The van der Waals surface area contributed by atoms with Crippen LogP contribution >= 0.6 is 34.8 Å². The van der Waals surface area contributed by atoms with Gasteiger partial charge in [-0.05, 0) is 29.8 Å². The summed E-state index contributed by atoms with van der Waals surface area (Å²) in [5, 5.41) is 12.2. The molecular formula is C21H13Cl3NO2+. The Morgan fingerprint density at radius 1 is 0.889 bits per heavy atom. The molecule has 0 aliphatic heterocycles. The van der Waals surface area contributed by atoms with Crippen molar-refractivity contribution < 1.29 is 14.5 Å². The molecular weight excluding hydrogens is 405 g/mol. The SMILES string of the molecule is C[n+]1c2ccccc2c(C(=O)O)c2cc(-c3ccc(Cl)c(Cl)c3Cl)ccc21. The van der Waals surface area contributed by atoms with Crippen LogP contribution in [0.4, 0.5) is 0 Å². The summed E-state index contributed by atoms with van der Waals surface area (Å²) in [6, 6.07) is 16.5. The zero-order valence-corrected chi connectivity index (χ0v) is 16.4. The van der Waals surface area contributed by atoms with Crippen molar-refractivity contribution in [1.29, 1.82) is 0 Å². The number of benzene rings is 3. The molecule has 0 aliphatic rings. The number of hydrogen-bond acceptors (Lipinski definition) is 1. The van der Waals surface area contributed by atoms with Gasteiger partial charge in [-0.25, -0.2) is 4.79 Å². The van der Waals surface area contributed by atoms with Gasteiger partial charge in [0.25, 0.3) is 0 Å². The topological polar surface area (TPSA) is 41.2 Å². The quantitative estimate of drug-likeness (QED) is 0.242. The van der Waals surface area contributed by atoms with Crippen molar-refractivity contribution in [3.8, 4) is 11.1 Å². The number of pyridine rings is 1. The van der Waals surface area contributed by atoms with Gasteiger partial charge in [-0.1, -0.05) is 53.0 Å². The molecule has 6 heteroatoms. The van der Waals surface area contributed by atoms with Gasteiger partial charge in [0, 0.05) is 17.7 Å². The Morgan fingerprint density at radius 3 is 2.33 bits per heavy atom. The van der Waals surface area contributed by atoms with Crippen LogP contribution in [0, 0.1) is 0 Å². The first-order valence-electron chi connectivity index (χ1n) is 8.12. The Labute approximate surface area is 170 Å². The number of aromatic carboxylic acids is 1. The van der Waals surface area contributed by atoms with E-state index in [4.69, 9.17) is 34.8 Å². The molecule has 1 aromatic heterocycles. The van der Waals surface area contributed by atoms with Crippen LogP contribution in [0.5, 0.6) is 0 Å². The molecule has 0 saturated heterocycles. The average Bonchev–Trinajstić information content (AvgIpc) is 2.66. The lowest BCUT2D eigenvalue weighted by molar-refractivity contribution is -0.617. The number of halogens is 3. The molecule has 0 unspecified atom stereocenters. The fourth-order valence-corrected chi connectivity index (χ4v) is 4.07. The zero-order chi connectivity index (χ0) is 19.3. The third kappa shape index (κ3) is 2.83. The number of carbonyl (C=O) groups is 1. The Morgan fingerprint density at radius 2 is 1.59 bits per heavy atom. The van der Waals surface area contributed by atoms with Crippen LogP contribution in [-0.2, 0) is 7.05 Å². The number of fused-ring (bicyclic) bond motifs is 2. The van der Waals surface area contributed by atoms with Crippen molar-refractivity contribution in [3.05, 3.63) is 75.2 Å². The summed E-state index contributed by atoms with van der Waals surface area (Å²) >= 11 is 18.6. The standard InChI is InChI=1S/C21H12Cl3NO2/c1-25-16-5-3-2-4-13(16)18(21(26)27)14-10-11(6-9-17(14)25)12-7-8-15(22)20(24)19(12)23/h2-10H,1H3/p+1. The van der Waals surface area contributed by atoms with Gasteiger partial charge in [-0.15, -0.1) is 0 Å². The number of carboxylic acid groups (broad SMARTS) is 1. The highest BCUT2D eigenvalue weighted by Gasteiger charge is 2.23. The number of nitrogens with zero attached hydrogens (tertiary/aromatic N) is 1. The van der Waals surface area contributed by atoms with E-state index < -0.39 is 5.97 Å². The summed E-state index contributed by atoms with van der Waals surface area (Å²) in [6.45, 7) is 0. The van der Waals surface area contributed by atoms with Crippen LogP contribution < -0.4 is 4.57 Å². The molecule has 1 N–H and O–H groups in total. The molecule has 0 spiro atoms. The number of para-hydroxylation sites is 1. The summed E-state index contributed by atoms with van der Waals surface area (Å²) in [5.74, 6) is -0.978. The molecule has 0 aliphatic carbocycles. The van der Waals surface area contributed by atoms with Crippen molar-refractivity contribution in [2.45, 2.75) is 0 Å². The maximum absolute atomic E-state index is 12.1. The van der Waals surface area contributed by atoms with Crippen molar-refractivity contribution in [2.24, 2.45) is 7.05 Å². The van der Waals surface area contributed by atoms with Crippen molar-refractivity contribution in [1.82, 2.24) is 0 Å². The molecule has 27 heavy (non-hydrogen) atoms. The molecule has 4 aromatic rings. The third-order valence-corrected chi connectivity index (χ3v) is 6.02. The molecule has 3 nitrogen and oxygen atoms in total. The van der Waals surface area contributed by atoms with E-state index in [2.05, 4.69) is 0 Å².